The van der Waals surface area contributed by atoms with Crippen molar-refractivity contribution in [3.8, 4) is 0 Å². The average molecular weight is 349 g/mol. The zero-order valence-corrected chi connectivity index (χ0v) is 14.3. The smallest absolute Gasteiger partial charge is 0.270 e. The summed E-state index contributed by atoms with van der Waals surface area (Å²) in [6.45, 7) is 1.17. The lowest BCUT2D eigenvalue weighted by atomic mass is 10.1. The molecule has 0 saturated carbocycles. The van der Waals surface area contributed by atoms with Crippen LogP contribution in [-0.4, -0.2) is 17.4 Å². The maximum atomic E-state index is 12.9. The summed E-state index contributed by atoms with van der Waals surface area (Å²) in [7, 11) is 0. The van der Waals surface area contributed by atoms with Crippen molar-refractivity contribution in [1.82, 2.24) is 10.3 Å². The van der Waals surface area contributed by atoms with Crippen LogP contribution in [0.1, 0.15) is 21.6 Å². The predicted octanol–water partition coefficient (Wildman–Crippen LogP) is 3.81. The van der Waals surface area contributed by atoms with Gasteiger partial charge in [0.05, 0.1) is 11.9 Å². The van der Waals surface area contributed by atoms with Crippen LogP contribution in [0.2, 0.25) is 0 Å². The Bertz CT molecular complexity index is 833. The molecule has 0 unspecified atom stereocenters. The number of carbonyl (C=O) groups excluding carboxylic acids is 1. The topological polar surface area (TPSA) is 54.0 Å². The zero-order valence-electron chi connectivity index (χ0n) is 14.3. The van der Waals surface area contributed by atoms with Crippen LogP contribution in [0.25, 0.3) is 0 Å². The van der Waals surface area contributed by atoms with E-state index in [0.717, 1.165) is 23.2 Å². The Morgan fingerprint density at radius 3 is 2.38 bits per heavy atom. The second kappa shape index (κ2) is 8.76. The standard InChI is InChI=1S/C21H20FN3O/c22-18-8-6-16(7-9-18)12-13-23-19-10-11-20(24-15-19)21(26)25-14-17-4-2-1-3-5-17/h1-11,15,23H,12-14H2,(H,25,26). The molecule has 5 heteroatoms. The molecule has 0 radical (unpaired) electrons. The third kappa shape index (κ3) is 5.14. The molecule has 2 N–H and O–H groups in total. The van der Waals surface area contributed by atoms with Gasteiger partial charge in [-0.25, -0.2) is 9.37 Å². The highest BCUT2D eigenvalue weighted by molar-refractivity contribution is 5.92. The van der Waals surface area contributed by atoms with E-state index in [1.807, 2.05) is 36.4 Å². The third-order valence-corrected chi connectivity index (χ3v) is 3.95. The number of benzene rings is 2. The number of nitrogens with one attached hydrogen (secondary N) is 2. The van der Waals surface area contributed by atoms with Crippen LogP contribution in [0.4, 0.5) is 10.1 Å². The molecular weight excluding hydrogens is 329 g/mol. The molecule has 4 nitrogen and oxygen atoms in total. The summed E-state index contributed by atoms with van der Waals surface area (Å²) in [6.07, 6.45) is 2.42. The van der Waals surface area contributed by atoms with Crippen LogP contribution in [0, 0.1) is 5.82 Å². The van der Waals surface area contributed by atoms with Gasteiger partial charge >= 0.3 is 0 Å². The van der Waals surface area contributed by atoms with Crippen molar-refractivity contribution in [3.05, 3.63) is 95.6 Å². The number of anilines is 1. The number of amides is 1. The predicted molar refractivity (Wildman–Crippen MR) is 100 cm³/mol. The number of carbonyl (C=O) groups is 1. The summed E-state index contributed by atoms with van der Waals surface area (Å²) in [5, 5.41) is 6.10. The van der Waals surface area contributed by atoms with Crippen molar-refractivity contribution < 1.29 is 9.18 Å². The molecule has 0 spiro atoms. The van der Waals surface area contributed by atoms with Crippen molar-refractivity contribution in [2.45, 2.75) is 13.0 Å². The van der Waals surface area contributed by atoms with Crippen LogP contribution in [-0.2, 0) is 13.0 Å². The number of halogens is 1. The van der Waals surface area contributed by atoms with E-state index >= 15 is 0 Å². The number of pyridine rings is 1. The summed E-state index contributed by atoms with van der Waals surface area (Å²) >= 11 is 0. The van der Waals surface area contributed by atoms with Crippen molar-refractivity contribution in [2.75, 3.05) is 11.9 Å². The molecule has 0 atom stereocenters. The highest BCUT2D eigenvalue weighted by Gasteiger charge is 2.06. The normalized spacial score (nSPS) is 10.3. The molecule has 0 saturated heterocycles. The highest BCUT2D eigenvalue weighted by Crippen LogP contribution is 2.08. The quantitative estimate of drug-likeness (QED) is 0.682. The molecule has 0 bridgehead atoms. The molecular formula is C21H20FN3O. The molecule has 3 rings (SSSR count). The molecule has 0 aliphatic heterocycles. The van der Waals surface area contributed by atoms with E-state index in [-0.39, 0.29) is 11.7 Å². The Labute approximate surface area is 152 Å². The van der Waals surface area contributed by atoms with Gasteiger partial charge in [-0.2, -0.15) is 0 Å². The minimum Gasteiger partial charge on any atom is -0.383 e. The van der Waals surface area contributed by atoms with Crippen LogP contribution in [0.3, 0.4) is 0 Å². The fourth-order valence-electron chi connectivity index (χ4n) is 2.50. The minimum absolute atomic E-state index is 0.202. The van der Waals surface area contributed by atoms with E-state index in [2.05, 4.69) is 15.6 Å². The second-order valence-corrected chi connectivity index (χ2v) is 5.90. The molecule has 132 valence electrons. The summed E-state index contributed by atoms with van der Waals surface area (Å²) < 4.78 is 12.9. The third-order valence-electron chi connectivity index (χ3n) is 3.95. The number of aromatic nitrogens is 1. The summed E-state index contributed by atoms with van der Waals surface area (Å²) in [5.74, 6) is -0.432. The summed E-state index contributed by atoms with van der Waals surface area (Å²) in [4.78, 5) is 16.3. The molecule has 26 heavy (non-hydrogen) atoms. The molecule has 0 aliphatic carbocycles. The number of hydrogen-bond donors (Lipinski definition) is 2. The first kappa shape index (κ1) is 17.6. The molecule has 0 fully saturated rings. The minimum atomic E-state index is -0.230. The Morgan fingerprint density at radius 2 is 1.69 bits per heavy atom. The number of hydrogen-bond acceptors (Lipinski definition) is 3. The first-order valence-corrected chi connectivity index (χ1v) is 8.47. The van der Waals surface area contributed by atoms with Gasteiger partial charge in [-0.1, -0.05) is 42.5 Å². The van der Waals surface area contributed by atoms with E-state index in [1.54, 1.807) is 24.4 Å². The largest absolute Gasteiger partial charge is 0.383 e. The maximum absolute atomic E-state index is 12.9. The lowest BCUT2D eigenvalue weighted by Gasteiger charge is -2.08. The van der Waals surface area contributed by atoms with Crippen LogP contribution < -0.4 is 10.6 Å². The van der Waals surface area contributed by atoms with Gasteiger partial charge in [0.25, 0.3) is 5.91 Å². The van der Waals surface area contributed by atoms with Crippen molar-refractivity contribution in [1.29, 1.82) is 0 Å². The molecule has 1 aromatic heterocycles. The maximum Gasteiger partial charge on any atom is 0.270 e. The molecule has 2 aromatic carbocycles. The van der Waals surface area contributed by atoms with E-state index in [9.17, 15) is 9.18 Å². The number of rotatable bonds is 7. The Balaban J connectivity index is 1.46. The van der Waals surface area contributed by atoms with Crippen molar-refractivity contribution in [3.63, 3.8) is 0 Å². The van der Waals surface area contributed by atoms with Gasteiger partial charge in [-0.3, -0.25) is 4.79 Å². The lowest BCUT2D eigenvalue weighted by Crippen LogP contribution is -2.23. The fourth-order valence-corrected chi connectivity index (χ4v) is 2.50. The Morgan fingerprint density at radius 1 is 0.923 bits per heavy atom. The van der Waals surface area contributed by atoms with Gasteiger partial charge in [0.1, 0.15) is 11.5 Å². The van der Waals surface area contributed by atoms with Gasteiger partial charge in [0.2, 0.25) is 0 Å². The van der Waals surface area contributed by atoms with Gasteiger partial charge in [-0.15, -0.1) is 0 Å². The molecule has 3 aromatic rings. The highest BCUT2D eigenvalue weighted by atomic mass is 19.1. The number of nitrogens with zero attached hydrogens (tertiary/aromatic N) is 1. The van der Waals surface area contributed by atoms with Gasteiger partial charge in [-0.05, 0) is 41.8 Å². The van der Waals surface area contributed by atoms with Crippen LogP contribution in [0.5, 0.6) is 0 Å². The SMILES string of the molecule is O=C(NCc1ccccc1)c1ccc(NCCc2ccc(F)cc2)cn1. The van der Waals surface area contributed by atoms with E-state index in [0.29, 0.717) is 18.8 Å². The van der Waals surface area contributed by atoms with Crippen molar-refractivity contribution in [2.24, 2.45) is 0 Å². The summed E-state index contributed by atoms with van der Waals surface area (Å²) in [6, 6.07) is 19.7. The van der Waals surface area contributed by atoms with E-state index < -0.39 is 0 Å². The lowest BCUT2D eigenvalue weighted by molar-refractivity contribution is 0.0946. The fraction of sp³-hybridized carbons (Fsp3) is 0.143. The molecule has 1 heterocycles. The molecule has 0 aliphatic rings. The first-order valence-electron chi connectivity index (χ1n) is 8.47. The van der Waals surface area contributed by atoms with Gasteiger partial charge < -0.3 is 10.6 Å². The summed E-state index contributed by atoms with van der Waals surface area (Å²) in [5.41, 5.74) is 3.32. The van der Waals surface area contributed by atoms with Crippen LogP contribution >= 0.6 is 0 Å². The van der Waals surface area contributed by atoms with Gasteiger partial charge in [0.15, 0.2) is 0 Å². The Hall–Kier alpha value is -3.21. The Kier molecular flexibility index (Phi) is 5.93. The van der Waals surface area contributed by atoms with Gasteiger partial charge in [0, 0.05) is 13.1 Å². The van der Waals surface area contributed by atoms with Crippen molar-refractivity contribution >= 4 is 11.6 Å². The monoisotopic (exact) mass is 349 g/mol. The van der Waals surface area contributed by atoms with Crippen LogP contribution in [0.15, 0.2) is 72.9 Å². The first-order chi connectivity index (χ1) is 12.7. The molecule has 1 amide bonds. The van der Waals surface area contributed by atoms with E-state index in [1.165, 1.54) is 12.1 Å². The average Bonchev–Trinajstić information content (AvgIpc) is 2.69. The zero-order chi connectivity index (χ0) is 18.2. The van der Waals surface area contributed by atoms with E-state index in [4.69, 9.17) is 0 Å². The second-order valence-electron chi connectivity index (χ2n) is 5.90.